The Hall–Kier alpha value is -1.63. The van der Waals surface area contributed by atoms with Gasteiger partial charge in [0, 0.05) is 5.69 Å². The summed E-state index contributed by atoms with van der Waals surface area (Å²) in [6.07, 6.45) is 0. The fraction of sp³-hybridized carbons (Fsp3) is 0.188. The number of hydrogen-bond donors (Lipinski definition) is 2. The van der Waals surface area contributed by atoms with Crippen LogP contribution in [0.3, 0.4) is 0 Å². The number of benzene rings is 2. The van der Waals surface area contributed by atoms with E-state index in [2.05, 4.69) is 17.2 Å². The van der Waals surface area contributed by atoms with E-state index in [-0.39, 0.29) is 29.8 Å². The van der Waals surface area contributed by atoms with Gasteiger partial charge in [0.15, 0.2) is 5.96 Å². The monoisotopic (exact) mass is 399 g/mol. The predicted molar refractivity (Wildman–Crippen MR) is 96.7 cm³/mol. The Bertz CT molecular complexity index is 641. The Morgan fingerprint density at radius 2 is 1.90 bits per heavy atom. The third-order valence-corrected chi connectivity index (χ3v) is 3.10. The number of aryl methyl sites for hydroxylation is 2. The maximum Gasteiger partial charge on any atom is 0.193 e. The third-order valence-electron chi connectivity index (χ3n) is 3.10. The molecule has 0 atom stereocenters. The van der Waals surface area contributed by atoms with Crippen molar-refractivity contribution in [3.63, 3.8) is 0 Å². The summed E-state index contributed by atoms with van der Waals surface area (Å²) >= 11 is 0. The van der Waals surface area contributed by atoms with Crippen molar-refractivity contribution in [1.29, 1.82) is 0 Å². The van der Waals surface area contributed by atoms with E-state index < -0.39 is 0 Å². The van der Waals surface area contributed by atoms with Crippen LogP contribution >= 0.6 is 24.0 Å². The zero-order chi connectivity index (χ0) is 14.5. The van der Waals surface area contributed by atoms with Gasteiger partial charge in [0.05, 0.1) is 6.54 Å². The summed E-state index contributed by atoms with van der Waals surface area (Å²) in [5.74, 6) is 0.0518. The van der Waals surface area contributed by atoms with Gasteiger partial charge in [-0.15, -0.1) is 24.0 Å². The van der Waals surface area contributed by atoms with Crippen LogP contribution in [0.1, 0.15) is 16.7 Å². The van der Waals surface area contributed by atoms with Crippen molar-refractivity contribution in [2.45, 2.75) is 20.4 Å². The Morgan fingerprint density at radius 3 is 2.57 bits per heavy atom. The average molecular weight is 399 g/mol. The van der Waals surface area contributed by atoms with E-state index in [4.69, 9.17) is 5.73 Å². The van der Waals surface area contributed by atoms with Crippen molar-refractivity contribution in [2.24, 2.45) is 10.7 Å². The molecule has 112 valence electrons. The summed E-state index contributed by atoms with van der Waals surface area (Å²) in [4.78, 5) is 4.20. The van der Waals surface area contributed by atoms with Crippen molar-refractivity contribution in [1.82, 2.24) is 0 Å². The third kappa shape index (κ3) is 5.34. The number of hydrogen-bond acceptors (Lipinski definition) is 1. The molecular formula is C16H19FIN3. The topological polar surface area (TPSA) is 50.4 Å². The van der Waals surface area contributed by atoms with Gasteiger partial charge in [0.25, 0.3) is 0 Å². The highest BCUT2D eigenvalue weighted by Crippen LogP contribution is 2.13. The first-order valence-corrected chi connectivity index (χ1v) is 6.43. The molecule has 21 heavy (non-hydrogen) atoms. The lowest BCUT2D eigenvalue weighted by atomic mass is 10.1. The summed E-state index contributed by atoms with van der Waals surface area (Å²) in [5, 5.41) is 3.03. The molecule has 3 nitrogen and oxygen atoms in total. The second-order valence-corrected chi connectivity index (χ2v) is 4.76. The maximum atomic E-state index is 13.0. The van der Waals surface area contributed by atoms with E-state index in [0.29, 0.717) is 12.5 Å². The largest absolute Gasteiger partial charge is 0.370 e. The summed E-state index contributed by atoms with van der Waals surface area (Å²) in [7, 11) is 0. The van der Waals surface area contributed by atoms with E-state index in [1.807, 2.05) is 31.2 Å². The van der Waals surface area contributed by atoms with E-state index in [9.17, 15) is 4.39 Å². The molecule has 2 aromatic carbocycles. The molecular weight excluding hydrogens is 380 g/mol. The number of nitrogens with one attached hydrogen (secondary N) is 1. The number of anilines is 1. The molecule has 0 unspecified atom stereocenters. The number of aliphatic imine (C=N–C) groups is 1. The second kappa shape index (κ2) is 7.97. The minimum Gasteiger partial charge on any atom is -0.370 e. The number of halogens is 2. The Labute approximate surface area is 141 Å². The molecule has 0 radical (unpaired) electrons. The van der Waals surface area contributed by atoms with Gasteiger partial charge in [0.2, 0.25) is 0 Å². The number of nitrogens with two attached hydrogens (primary N) is 1. The van der Waals surface area contributed by atoms with Gasteiger partial charge >= 0.3 is 0 Å². The molecule has 0 saturated carbocycles. The van der Waals surface area contributed by atoms with Crippen LogP contribution in [0, 0.1) is 19.7 Å². The van der Waals surface area contributed by atoms with E-state index >= 15 is 0 Å². The van der Waals surface area contributed by atoms with Crippen LogP contribution in [-0.4, -0.2) is 5.96 Å². The lowest BCUT2D eigenvalue weighted by Gasteiger charge is -2.08. The van der Waals surface area contributed by atoms with Crippen LogP contribution in [-0.2, 0) is 6.54 Å². The van der Waals surface area contributed by atoms with Gasteiger partial charge in [-0.2, -0.15) is 0 Å². The van der Waals surface area contributed by atoms with Crippen LogP contribution < -0.4 is 11.1 Å². The second-order valence-electron chi connectivity index (χ2n) is 4.76. The van der Waals surface area contributed by atoms with Crippen LogP contribution in [0.5, 0.6) is 0 Å². The minimum atomic E-state index is -0.265. The van der Waals surface area contributed by atoms with Crippen LogP contribution in [0.2, 0.25) is 0 Å². The minimum absolute atomic E-state index is 0. The molecule has 2 rings (SSSR count). The van der Waals surface area contributed by atoms with Crippen molar-refractivity contribution < 1.29 is 4.39 Å². The zero-order valence-electron chi connectivity index (χ0n) is 12.1. The summed E-state index contributed by atoms with van der Waals surface area (Å²) in [5.41, 5.74) is 9.92. The van der Waals surface area contributed by atoms with Gasteiger partial charge in [-0.3, -0.25) is 0 Å². The van der Waals surface area contributed by atoms with Gasteiger partial charge < -0.3 is 11.1 Å². The van der Waals surface area contributed by atoms with E-state index in [1.54, 1.807) is 6.07 Å². The molecule has 0 bridgehead atoms. The first kappa shape index (κ1) is 17.4. The molecule has 0 aliphatic rings. The molecule has 0 spiro atoms. The molecule has 5 heteroatoms. The van der Waals surface area contributed by atoms with Crippen LogP contribution in [0.25, 0.3) is 0 Å². The molecule has 0 aromatic heterocycles. The number of nitrogens with zero attached hydrogens (tertiary/aromatic N) is 1. The first-order chi connectivity index (χ1) is 9.54. The normalized spacial score (nSPS) is 10.9. The zero-order valence-corrected chi connectivity index (χ0v) is 14.4. The maximum absolute atomic E-state index is 13.0. The lowest BCUT2D eigenvalue weighted by molar-refractivity contribution is 0.625. The fourth-order valence-electron chi connectivity index (χ4n) is 1.82. The highest BCUT2D eigenvalue weighted by molar-refractivity contribution is 14.0. The predicted octanol–water partition coefficient (Wildman–Crippen LogP) is 3.99. The molecule has 0 fully saturated rings. The Balaban J connectivity index is 0.00000220. The summed E-state index contributed by atoms with van der Waals surface area (Å²) in [6.45, 7) is 4.45. The Kier molecular flexibility index (Phi) is 6.61. The molecule has 0 aliphatic heterocycles. The Morgan fingerprint density at radius 1 is 1.14 bits per heavy atom. The van der Waals surface area contributed by atoms with Crippen molar-refractivity contribution in [2.75, 3.05) is 5.32 Å². The standard InChI is InChI=1S/C16H18FN3.HI/c1-11-6-7-15(8-12(11)2)20-16(18)19-10-13-4-3-5-14(17)9-13;/h3-9H,10H2,1-2H3,(H3,18,19,20);1H. The lowest BCUT2D eigenvalue weighted by Crippen LogP contribution is -2.22. The first-order valence-electron chi connectivity index (χ1n) is 6.43. The number of guanidine groups is 1. The SMILES string of the molecule is Cc1ccc(NC(N)=NCc2cccc(F)c2)cc1C.I. The van der Waals surface area contributed by atoms with Crippen LogP contribution in [0.4, 0.5) is 10.1 Å². The highest BCUT2D eigenvalue weighted by Gasteiger charge is 1.99. The van der Waals surface area contributed by atoms with Gasteiger partial charge in [-0.05, 0) is 54.8 Å². The molecule has 0 saturated heterocycles. The van der Waals surface area contributed by atoms with Gasteiger partial charge in [-0.1, -0.05) is 18.2 Å². The van der Waals surface area contributed by atoms with Gasteiger partial charge in [0.1, 0.15) is 5.82 Å². The fourth-order valence-corrected chi connectivity index (χ4v) is 1.82. The number of rotatable bonds is 3. The summed E-state index contributed by atoms with van der Waals surface area (Å²) < 4.78 is 13.0. The van der Waals surface area contributed by atoms with Crippen molar-refractivity contribution in [3.05, 3.63) is 65.0 Å². The smallest absolute Gasteiger partial charge is 0.193 e. The van der Waals surface area contributed by atoms with Crippen LogP contribution in [0.15, 0.2) is 47.5 Å². The molecule has 0 heterocycles. The van der Waals surface area contributed by atoms with E-state index in [1.165, 1.54) is 23.3 Å². The molecule has 0 aliphatic carbocycles. The highest BCUT2D eigenvalue weighted by atomic mass is 127. The van der Waals surface area contributed by atoms with Gasteiger partial charge in [-0.25, -0.2) is 9.38 Å². The summed E-state index contributed by atoms with van der Waals surface area (Å²) in [6, 6.07) is 12.3. The van der Waals surface area contributed by atoms with E-state index in [0.717, 1.165) is 11.3 Å². The molecule has 0 amide bonds. The van der Waals surface area contributed by atoms with Crippen molar-refractivity contribution >= 4 is 35.6 Å². The quantitative estimate of drug-likeness (QED) is 0.466. The molecule has 3 N–H and O–H groups in total. The van der Waals surface area contributed by atoms with Crippen molar-refractivity contribution in [3.8, 4) is 0 Å². The average Bonchev–Trinajstić information content (AvgIpc) is 2.41. The molecule has 2 aromatic rings.